The number of unbranched alkanes of at least 4 members (excludes halogenated alkanes) is 3. The maximum Gasteiger partial charge on any atom is 0.343 e. The van der Waals surface area contributed by atoms with E-state index in [9.17, 15) is 10.1 Å². The van der Waals surface area contributed by atoms with Crippen LogP contribution in [0.2, 0.25) is 10.0 Å². The summed E-state index contributed by atoms with van der Waals surface area (Å²) >= 11 is 12.7. The number of halogens is 2. The van der Waals surface area contributed by atoms with E-state index in [4.69, 9.17) is 52.6 Å². The molecule has 232 valence electrons. The zero-order valence-corrected chi connectivity index (χ0v) is 26.6. The van der Waals surface area contributed by atoms with E-state index in [0.717, 1.165) is 37.7 Å². The Balaban J connectivity index is 1.60. The van der Waals surface area contributed by atoms with Crippen LogP contribution in [0.3, 0.4) is 0 Å². The fourth-order valence-electron chi connectivity index (χ4n) is 4.77. The zero-order valence-electron chi connectivity index (χ0n) is 25.1. The summed E-state index contributed by atoms with van der Waals surface area (Å²) in [7, 11) is 0. The first-order chi connectivity index (χ1) is 21.3. The number of carbonyl (C=O) groups is 1. The molecule has 3 aromatic rings. The molecule has 0 saturated carbocycles. The number of hydrogen-bond donors (Lipinski definition) is 1. The summed E-state index contributed by atoms with van der Waals surface area (Å²) in [5, 5.41) is 10.4. The normalized spacial score (nSPS) is 13.9. The van der Waals surface area contributed by atoms with Gasteiger partial charge < -0.3 is 29.4 Å². The second-order valence-electron chi connectivity index (χ2n) is 10.2. The van der Waals surface area contributed by atoms with Crippen molar-refractivity contribution in [2.45, 2.75) is 58.8 Å². The number of rotatable bonds is 14. The lowest BCUT2D eigenvalue weighted by atomic mass is 9.83. The first-order valence-electron chi connectivity index (χ1n) is 14.8. The molecule has 8 nitrogen and oxygen atoms in total. The number of hydrogen-bond acceptors (Lipinski definition) is 8. The first-order valence-corrected chi connectivity index (χ1v) is 15.5. The van der Waals surface area contributed by atoms with Crippen molar-refractivity contribution >= 4 is 29.2 Å². The Kier molecular flexibility index (Phi) is 11.6. The summed E-state index contributed by atoms with van der Waals surface area (Å²) < 4.78 is 29.0. The highest BCUT2D eigenvalue weighted by Gasteiger charge is 2.32. The third-order valence-electron chi connectivity index (χ3n) is 6.99. The highest BCUT2D eigenvalue weighted by Crippen LogP contribution is 2.45. The van der Waals surface area contributed by atoms with Crippen molar-refractivity contribution in [3.8, 4) is 34.8 Å². The summed E-state index contributed by atoms with van der Waals surface area (Å²) in [5.41, 5.74) is 8.08. The van der Waals surface area contributed by atoms with E-state index in [2.05, 4.69) is 13.0 Å². The maximum atomic E-state index is 13.0. The highest BCUT2D eigenvalue weighted by atomic mass is 35.5. The Morgan fingerprint density at radius 3 is 2.32 bits per heavy atom. The Bertz CT molecular complexity index is 1540. The van der Waals surface area contributed by atoms with Crippen molar-refractivity contribution in [1.29, 1.82) is 5.26 Å². The number of allylic oxidation sites excluding steroid dienone is 1. The topological polar surface area (TPSA) is 113 Å². The Hall–Kier alpha value is -4.06. The van der Waals surface area contributed by atoms with Gasteiger partial charge in [-0.2, -0.15) is 5.26 Å². The molecule has 1 aliphatic rings. The Morgan fingerprint density at radius 2 is 1.64 bits per heavy atom. The number of esters is 1. The number of carbonyl (C=O) groups excluding carboxylic acids is 1. The predicted octanol–water partition coefficient (Wildman–Crippen LogP) is 8.58. The summed E-state index contributed by atoms with van der Waals surface area (Å²) in [6, 6.07) is 15.6. The smallest absolute Gasteiger partial charge is 0.343 e. The quantitative estimate of drug-likeness (QED) is 0.106. The van der Waals surface area contributed by atoms with E-state index in [1.807, 2.05) is 32.0 Å². The molecule has 0 spiro atoms. The number of nitrogens with two attached hydrogens (primary N) is 1. The van der Waals surface area contributed by atoms with Crippen molar-refractivity contribution < 1.29 is 28.5 Å². The van der Waals surface area contributed by atoms with Crippen LogP contribution in [-0.4, -0.2) is 25.8 Å². The molecule has 0 aromatic heterocycles. The highest BCUT2D eigenvalue weighted by molar-refractivity contribution is 6.37. The van der Waals surface area contributed by atoms with Gasteiger partial charge in [-0.25, -0.2) is 4.79 Å². The average molecular weight is 640 g/mol. The molecule has 4 rings (SSSR count). The van der Waals surface area contributed by atoms with Crippen LogP contribution in [0.4, 0.5) is 0 Å². The molecule has 1 heterocycles. The third kappa shape index (κ3) is 7.71. The summed E-state index contributed by atoms with van der Waals surface area (Å²) in [6.45, 7) is 7.58. The minimum absolute atomic E-state index is 0.0384. The van der Waals surface area contributed by atoms with Gasteiger partial charge >= 0.3 is 5.97 Å². The van der Waals surface area contributed by atoms with Gasteiger partial charge in [0.15, 0.2) is 17.2 Å². The van der Waals surface area contributed by atoms with Crippen LogP contribution >= 0.6 is 23.2 Å². The molecule has 1 unspecified atom stereocenters. The second-order valence-corrected chi connectivity index (χ2v) is 11.0. The van der Waals surface area contributed by atoms with Gasteiger partial charge in [0.2, 0.25) is 5.88 Å². The standard InChI is InChI=1S/C34H36Cl2N2O6/c1-4-7-9-15-41-28-13-10-21(18-30(28)40-6-3)31-24-12-11-23(19-29(24)44-33(38)25(31)20-37)43-34(39)22-16-26(35)32(27(36)17-22)42-14-8-5-2/h10-13,16-19,31H,4-9,14-15,38H2,1-3H3. The summed E-state index contributed by atoms with van der Waals surface area (Å²) in [6.07, 6.45) is 4.93. The lowest BCUT2D eigenvalue weighted by Gasteiger charge is -2.27. The monoisotopic (exact) mass is 638 g/mol. The second kappa shape index (κ2) is 15.6. The number of fused-ring (bicyclic) bond motifs is 1. The largest absolute Gasteiger partial charge is 0.490 e. The Labute approximate surface area is 268 Å². The molecule has 2 N–H and O–H groups in total. The van der Waals surface area contributed by atoms with E-state index >= 15 is 0 Å². The van der Waals surface area contributed by atoms with Crippen LogP contribution in [0.25, 0.3) is 0 Å². The molecule has 1 atom stereocenters. The van der Waals surface area contributed by atoms with Crippen LogP contribution in [0, 0.1) is 11.3 Å². The van der Waals surface area contributed by atoms with Crippen molar-refractivity contribution in [3.05, 3.63) is 86.7 Å². The van der Waals surface area contributed by atoms with Gasteiger partial charge in [0.1, 0.15) is 23.1 Å². The van der Waals surface area contributed by atoms with Crippen molar-refractivity contribution in [2.75, 3.05) is 19.8 Å². The molecule has 3 aromatic carbocycles. The molecule has 0 bridgehead atoms. The van der Waals surface area contributed by atoms with Gasteiger partial charge in [-0.15, -0.1) is 0 Å². The van der Waals surface area contributed by atoms with E-state index in [1.165, 1.54) is 12.1 Å². The van der Waals surface area contributed by atoms with Crippen molar-refractivity contribution in [3.63, 3.8) is 0 Å². The van der Waals surface area contributed by atoms with Gasteiger partial charge in [0.05, 0.1) is 41.3 Å². The summed E-state index contributed by atoms with van der Waals surface area (Å²) in [4.78, 5) is 13.0. The third-order valence-corrected chi connectivity index (χ3v) is 7.55. The molecular formula is C34H36Cl2N2O6. The fourth-order valence-corrected chi connectivity index (χ4v) is 5.36. The number of ether oxygens (including phenoxy) is 5. The molecule has 0 fully saturated rings. The molecule has 0 saturated heterocycles. The van der Waals surface area contributed by atoms with E-state index in [-0.39, 0.29) is 32.8 Å². The molecule has 0 amide bonds. The molecule has 1 aliphatic heterocycles. The van der Waals surface area contributed by atoms with E-state index in [0.29, 0.717) is 48.4 Å². The van der Waals surface area contributed by atoms with Crippen LogP contribution in [0.15, 0.2) is 60.0 Å². The SMILES string of the molecule is CCCCCOc1ccc(C2C(C#N)=C(N)Oc3cc(OC(=O)c4cc(Cl)c(OCCCC)c(Cl)c4)ccc32)cc1OCC. The minimum Gasteiger partial charge on any atom is -0.490 e. The number of nitrogens with zero attached hydrogens (tertiary/aromatic N) is 1. The fraction of sp³-hybridized carbons (Fsp3) is 0.353. The van der Waals surface area contributed by atoms with Crippen LogP contribution < -0.4 is 29.4 Å². The van der Waals surface area contributed by atoms with Crippen LogP contribution in [-0.2, 0) is 0 Å². The average Bonchev–Trinajstić information content (AvgIpc) is 3.00. The van der Waals surface area contributed by atoms with Crippen molar-refractivity contribution in [2.24, 2.45) is 5.73 Å². The minimum atomic E-state index is -0.668. The summed E-state index contributed by atoms with van der Waals surface area (Å²) in [5.74, 6) is 0.854. The molecule has 10 heteroatoms. The maximum absolute atomic E-state index is 13.0. The first kappa shape index (κ1) is 32.8. The lowest BCUT2D eigenvalue weighted by molar-refractivity contribution is 0.0734. The zero-order chi connectivity index (χ0) is 31.6. The number of benzene rings is 3. The van der Waals surface area contributed by atoms with Gasteiger partial charge in [-0.3, -0.25) is 0 Å². The Morgan fingerprint density at radius 1 is 0.909 bits per heavy atom. The number of nitriles is 1. The molecular weight excluding hydrogens is 603 g/mol. The molecule has 44 heavy (non-hydrogen) atoms. The van der Waals surface area contributed by atoms with Gasteiger partial charge in [0.25, 0.3) is 0 Å². The van der Waals surface area contributed by atoms with Crippen LogP contribution in [0.1, 0.15) is 80.3 Å². The van der Waals surface area contributed by atoms with Crippen molar-refractivity contribution in [1.82, 2.24) is 0 Å². The molecule has 0 radical (unpaired) electrons. The lowest BCUT2D eigenvalue weighted by Crippen LogP contribution is -2.21. The predicted molar refractivity (Wildman–Crippen MR) is 170 cm³/mol. The van der Waals surface area contributed by atoms with E-state index < -0.39 is 11.9 Å². The van der Waals surface area contributed by atoms with Gasteiger partial charge in [0, 0.05) is 11.6 Å². The molecule has 0 aliphatic carbocycles. The van der Waals surface area contributed by atoms with E-state index in [1.54, 1.807) is 18.2 Å². The van der Waals surface area contributed by atoms with Gasteiger partial charge in [-0.05, 0) is 55.7 Å². The van der Waals surface area contributed by atoms with Gasteiger partial charge in [-0.1, -0.05) is 68.4 Å². The van der Waals surface area contributed by atoms with Crippen LogP contribution in [0.5, 0.6) is 28.7 Å².